The summed E-state index contributed by atoms with van der Waals surface area (Å²) >= 11 is 0. The number of benzene rings is 2. The van der Waals surface area contributed by atoms with Gasteiger partial charge in [-0.1, -0.05) is 0 Å². The summed E-state index contributed by atoms with van der Waals surface area (Å²) in [4.78, 5) is 15.3. The molecule has 0 saturated heterocycles. The molecule has 2 aromatic heterocycles. The summed E-state index contributed by atoms with van der Waals surface area (Å²) in [7, 11) is 0. The largest absolute Gasteiger partial charge is 0.484 e. The van der Waals surface area contributed by atoms with Crippen LogP contribution in [0.1, 0.15) is 10.5 Å². The van der Waals surface area contributed by atoms with Crippen molar-refractivity contribution in [3.63, 3.8) is 0 Å². The summed E-state index contributed by atoms with van der Waals surface area (Å²) in [6, 6.07) is 5.87. The van der Waals surface area contributed by atoms with Gasteiger partial charge >= 0.3 is 6.18 Å². The summed E-state index contributed by atoms with van der Waals surface area (Å²) < 4.78 is 68.2. The van der Waals surface area contributed by atoms with Gasteiger partial charge in [0.25, 0.3) is 5.91 Å². The maximum atomic E-state index is 13.5. The number of alkyl halides is 3. The van der Waals surface area contributed by atoms with Gasteiger partial charge in [0, 0.05) is 29.1 Å². The Kier molecular flexibility index (Phi) is 4.36. The molecular formula is C18H11F5N4O2. The molecule has 0 spiro atoms. The number of fused-ring (bicyclic) bond motifs is 2. The molecule has 4 aromatic rings. The second-order valence-electron chi connectivity index (χ2n) is 6.15. The number of aromatic amines is 2. The molecule has 0 fully saturated rings. The van der Waals surface area contributed by atoms with Gasteiger partial charge in [-0.15, -0.1) is 0 Å². The molecule has 0 saturated carbocycles. The van der Waals surface area contributed by atoms with Crippen LogP contribution in [0.3, 0.4) is 0 Å². The predicted molar refractivity (Wildman–Crippen MR) is 93.8 cm³/mol. The molecule has 0 aliphatic carbocycles. The van der Waals surface area contributed by atoms with Crippen molar-refractivity contribution in [2.24, 2.45) is 0 Å². The lowest BCUT2D eigenvalue weighted by Crippen LogP contribution is -2.19. The number of halogens is 5. The van der Waals surface area contributed by atoms with Crippen molar-refractivity contribution < 1.29 is 31.5 Å². The topological polar surface area (TPSA) is 82.8 Å². The number of amides is 1. The third kappa shape index (κ3) is 3.71. The van der Waals surface area contributed by atoms with Crippen LogP contribution < -0.4 is 10.1 Å². The van der Waals surface area contributed by atoms with Crippen molar-refractivity contribution in [1.29, 1.82) is 0 Å². The Bertz CT molecular complexity index is 1230. The molecule has 4 rings (SSSR count). The summed E-state index contributed by atoms with van der Waals surface area (Å²) in [5, 5.41) is 9.58. The first-order valence-corrected chi connectivity index (χ1v) is 8.16. The monoisotopic (exact) mass is 410 g/mol. The highest BCUT2D eigenvalue weighted by atomic mass is 19.4. The number of hydrogen-bond donors (Lipinski definition) is 3. The fraction of sp³-hybridized carbons (Fsp3) is 0.111. The second kappa shape index (κ2) is 6.76. The minimum Gasteiger partial charge on any atom is -0.484 e. The molecule has 0 atom stereocenters. The van der Waals surface area contributed by atoms with E-state index in [-0.39, 0.29) is 28.0 Å². The highest BCUT2D eigenvalue weighted by molar-refractivity contribution is 6.13. The standard InChI is InChI=1S/C18H11F5N4O2/c19-11-4-10-13(5-12(11)20)24-6-15(10)25-17(28)16-9-2-1-8(3-14(9)26-27-16)29-7-18(21,22)23/h1-6,24H,7H2,(H,25,28)(H,26,27). The molecule has 0 radical (unpaired) electrons. The van der Waals surface area contributed by atoms with Crippen LogP contribution in [0.4, 0.5) is 27.6 Å². The van der Waals surface area contributed by atoms with Crippen LogP contribution in [0, 0.1) is 11.6 Å². The smallest absolute Gasteiger partial charge is 0.422 e. The number of H-pyrrole nitrogens is 2. The predicted octanol–water partition coefficient (Wildman–Crippen LogP) is 4.52. The average Bonchev–Trinajstić information content (AvgIpc) is 3.24. The zero-order chi connectivity index (χ0) is 20.8. The number of carbonyl (C=O) groups is 1. The molecule has 29 heavy (non-hydrogen) atoms. The summed E-state index contributed by atoms with van der Waals surface area (Å²) in [5.74, 6) is -2.78. The SMILES string of the molecule is O=C(Nc1c[nH]c2cc(F)c(F)cc12)c1n[nH]c2cc(OCC(F)(F)F)ccc12. The number of carbonyl (C=O) groups excluding carboxylic acids is 1. The molecule has 6 nitrogen and oxygen atoms in total. The van der Waals surface area contributed by atoms with E-state index in [9.17, 15) is 26.7 Å². The number of ether oxygens (including phenoxy) is 1. The highest BCUT2D eigenvalue weighted by Gasteiger charge is 2.28. The van der Waals surface area contributed by atoms with Gasteiger partial charge in [-0.2, -0.15) is 18.3 Å². The Hall–Kier alpha value is -3.63. The van der Waals surface area contributed by atoms with E-state index in [1.165, 1.54) is 24.4 Å². The first kappa shape index (κ1) is 18.7. The molecule has 1 amide bonds. The number of anilines is 1. The molecule has 11 heteroatoms. The van der Waals surface area contributed by atoms with Gasteiger partial charge in [0.1, 0.15) is 5.75 Å². The number of hydrogen-bond acceptors (Lipinski definition) is 3. The fourth-order valence-corrected chi connectivity index (χ4v) is 2.83. The Morgan fingerprint density at radius 1 is 1.07 bits per heavy atom. The molecule has 0 aliphatic heterocycles. The van der Waals surface area contributed by atoms with Crippen molar-refractivity contribution in [2.45, 2.75) is 6.18 Å². The van der Waals surface area contributed by atoms with E-state index >= 15 is 0 Å². The van der Waals surface area contributed by atoms with Crippen LogP contribution in [0.15, 0.2) is 36.5 Å². The third-order valence-electron chi connectivity index (χ3n) is 4.12. The molecule has 0 aliphatic rings. The second-order valence-corrected chi connectivity index (χ2v) is 6.15. The van der Waals surface area contributed by atoms with Crippen LogP contribution in [0.5, 0.6) is 5.75 Å². The number of nitrogens with zero attached hydrogens (tertiary/aromatic N) is 1. The molecule has 2 heterocycles. The zero-order valence-corrected chi connectivity index (χ0v) is 14.3. The van der Waals surface area contributed by atoms with E-state index in [0.29, 0.717) is 10.9 Å². The van der Waals surface area contributed by atoms with Crippen molar-refractivity contribution in [2.75, 3.05) is 11.9 Å². The molecule has 3 N–H and O–H groups in total. The molecular weight excluding hydrogens is 399 g/mol. The minimum atomic E-state index is -4.48. The van der Waals surface area contributed by atoms with Gasteiger partial charge in [-0.25, -0.2) is 8.78 Å². The van der Waals surface area contributed by atoms with Gasteiger partial charge in [0.2, 0.25) is 0 Å². The normalized spacial score (nSPS) is 11.9. The summed E-state index contributed by atoms with van der Waals surface area (Å²) in [6.07, 6.45) is -3.10. The first-order valence-electron chi connectivity index (χ1n) is 8.16. The lowest BCUT2D eigenvalue weighted by molar-refractivity contribution is -0.153. The Labute approximate surface area is 158 Å². The van der Waals surface area contributed by atoms with E-state index in [1.54, 1.807) is 0 Å². The maximum Gasteiger partial charge on any atom is 0.422 e. The van der Waals surface area contributed by atoms with Gasteiger partial charge in [-0.3, -0.25) is 9.89 Å². The van der Waals surface area contributed by atoms with Crippen molar-refractivity contribution in [3.8, 4) is 5.75 Å². The first-order chi connectivity index (χ1) is 13.7. The van der Waals surface area contributed by atoms with E-state index in [0.717, 1.165) is 12.1 Å². The van der Waals surface area contributed by atoms with Crippen molar-refractivity contribution in [3.05, 3.63) is 53.9 Å². The third-order valence-corrected chi connectivity index (χ3v) is 4.12. The maximum absolute atomic E-state index is 13.5. The lowest BCUT2D eigenvalue weighted by Gasteiger charge is -2.08. The van der Waals surface area contributed by atoms with E-state index in [2.05, 4.69) is 25.2 Å². The van der Waals surface area contributed by atoms with Crippen LogP contribution in [0.25, 0.3) is 21.8 Å². The number of aromatic nitrogens is 3. The van der Waals surface area contributed by atoms with Crippen LogP contribution in [0.2, 0.25) is 0 Å². The molecule has 0 bridgehead atoms. The quantitative estimate of drug-likeness (QED) is 0.433. The van der Waals surface area contributed by atoms with Crippen molar-refractivity contribution in [1.82, 2.24) is 15.2 Å². The van der Waals surface area contributed by atoms with Gasteiger partial charge < -0.3 is 15.0 Å². The van der Waals surface area contributed by atoms with E-state index < -0.39 is 30.3 Å². The van der Waals surface area contributed by atoms with E-state index in [1.807, 2.05) is 0 Å². The number of rotatable bonds is 4. The van der Waals surface area contributed by atoms with Gasteiger partial charge in [-0.05, 0) is 18.2 Å². The number of nitrogens with one attached hydrogen (secondary N) is 3. The van der Waals surface area contributed by atoms with Crippen LogP contribution in [-0.2, 0) is 0 Å². The van der Waals surface area contributed by atoms with Crippen molar-refractivity contribution >= 4 is 33.4 Å². The lowest BCUT2D eigenvalue weighted by atomic mass is 10.2. The molecule has 150 valence electrons. The van der Waals surface area contributed by atoms with Crippen LogP contribution in [-0.4, -0.2) is 33.9 Å². The molecule has 2 aromatic carbocycles. The molecule has 0 unspecified atom stereocenters. The zero-order valence-electron chi connectivity index (χ0n) is 14.3. The van der Waals surface area contributed by atoms with Gasteiger partial charge in [0.15, 0.2) is 23.9 Å². The fourth-order valence-electron chi connectivity index (χ4n) is 2.83. The Balaban J connectivity index is 1.58. The summed E-state index contributed by atoms with van der Waals surface area (Å²) in [6.45, 7) is -1.45. The summed E-state index contributed by atoms with van der Waals surface area (Å²) in [5.41, 5.74) is 0.767. The van der Waals surface area contributed by atoms with Crippen LogP contribution >= 0.6 is 0 Å². The Morgan fingerprint density at radius 3 is 2.59 bits per heavy atom. The Morgan fingerprint density at radius 2 is 1.83 bits per heavy atom. The van der Waals surface area contributed by atoms with E-state index in [4.69, 9.17) is 0 Å². The highest BCUT2D eigenvalue weighted by Crippen LogP contribution is 2.28. The van der Waals surface area contributed by atoms with Gasteiger partial charge in [0.05, 0.1) is 16.7 Å². The minimum absolute atomic E-state index is 0.0284. The average molecular weight is 410 g/mol.